The van der Waals surface area contributed by atoms with E-state index in [4.69, 9.17) is 0 Å². The molecule has 4 aliphatic carbocycles. The number of fused-ring (bicyclic) bond motifs is 5. The van der Waals surface area contributed by atoms with Gasteiger partial charge >= 0.3 is 0 Å². The molecule has 0 aromatic carbocycles. The van der Waals surface area contributed by atoms with Gasteiger partial charge in [0.25, 0.3) is 0 Å². The molecular weight excluding hydrogens is 248 g/mol. The van der Waals surface area contributed by atoms with Crippen molar-refractivity contribution in [1.82, 2.24) is 0 Å². The highest BCUT2D eigenvalue weighted by Crippen LogP contribution is 2.59. The smallest absolute Gasteiger partial charge is 0.164 e. The number of aliphatic hydroxyl groups is 1. The van der Waals surface area contributed by atoms with E-state index in [1.165, 1.54) is 44.9 Å². The summed E-state index contributed by atoms with van der Waals surface area (Å²) in [5, 5.41) is 9.88. The van der Waals surface area contributed by atoms with Crippen molar-refractivity contribution in [2.45, 2.75) is 51.4 Å². The molecule has 4 rings (SSSR count). The van der Waals surface area contributed by atoms with E-state index in [9.17, 15) is 9.90 Å². The van der Waals surface area contributed by atoms with Crippen LogP contribution in [0, 0.1) is 35.0 Å². The van der Waals surface area contributed by atoms with Crippen LogP contribution in [-0.4, -0.2) is 17.5 Å². The number of hydrogen-bond acceptors (Lipinski definition) is 2. The van der Waals surface area contributed by atoms with E-state index in [1.807, 2.05) is 0 Å². The van der Waals surface area contributed by atoms with Gasteiger partial charge in [0, 0.05) is 0 Å². The Labute approximate surface area is 121 Å². The van der Waals surface area contributed by atoms with Gasteiger partial charge in [-0.2, -0.15) is 0 Å². The first-order chi connectivity index (χ1) is 9.76. The number of rotatable bonds is 1. The van der Waals surface area contributed by atoms with Gasteiger partial charge in [-0.25, -0.2) is 0 Å². The summed E-state index contributed by atoms with van der Waals surface area (Å²) >= 11 is 0. The molecule has 20 heavy (non-hydrogen) atoms. The molecule has 0 saturated heterocycles. The molecule has 1 N–H and O–H groups in total. The molecule has 3 fully saturated rings. The lowest BCUT2D eigenvalue weighted by Gasteiger charge is -2.54. The predicted octanol–water partition coefficient (Wildman–Crippen LogP) is 3.35. The molecule has 0 amide bonds. The Bertz CT molecular complexity index is 441. The average Bonchev–Trinajstić information content (AvgIpc) is 2.85. The molecule has 0 bridgehead atoms. The van der Waals surface area contributed by atoms with E-state index in [1.54, 1.807) is 6.08 Å². The fourth-order valence-corrected chi connectivity index (χ4v) is 6.21. The lowest BCUT2D eigenvalue weighted by molar-refractivity contribution is -0.136. The Kier molecular flexibility index (Phi) is 3.06. The van der Waals surface area contributed by atoms with Gasteiger partial charge < -0.3 is 5.11 Å². The quantitative estimate of drug-likeness (QED) is 0.796. The fraction of sp³-hybridized carbons (Fsp3) is 0.833. The number of carbonyl (C=O) groups excluding carboxylic acids is 1. The molecule has 110 valence electrons. The molecule has 0 aromatic heterocycles. The summed E-state index contributed by atoms with van der Waals surface area (Å²) in [5.74, 6) is 3.92. The van der Waals surface area contributed by atoms with E-state index >= 15 is 0 Å². The summed E-state index contributed by atoms with van der Waals surface area (Å²) in [4.78, 5) is 12.3. The lowest BCUT2D eigenvalue weighted by atomic mass is 9.50. The van der Waals surface area contributed by atoms with E-state index in [0.29, 0.717) is 11.8 Å². The van der Waals surface area contributed by atoms with Crippen LogP contribution >= 0.6 is 0 Å². The third-order valence-corrected chi connectivity index (χ3v) is 7.19. The summed E-state index contributed by atoms with van der Waals surface area (Å²) in [6.07, 6.45) is 14.4. The highest BCUT2D eigenvalue weighted by molar-refractivity contribution is 5.98. The molecule has 0 aromatic rings. The van der Waals surface area contributed by atoms with Crippen LogP contribution in [0.1, 0.15) is 51.4 Å². The summed E-state index contributed by atoms with van der Waals surface area (Å²) < 4.78 is 0. The highest BCUT2D eigenvalue weighted by Gasteiger charge is 2.56. The van der Waals surface area contributed by atoms with Gasteiger partial charge in [-0.15, -0.1) is 0 Å². The zero-order valence-electron chi connectivity index (χ0n) is 12.3. The molecule has 1 unspecified atom stereocenters. The summed E-state index contributed by atoms with van der Waals surface area (Å²) in [5.41, 5.74) is -0.428. The Morgan fingerprint density at radius 1 is 1.05 bits per heavy atom. The molecule has 0 heterocycles. The second-order valence-corrected chi connectivity index (χ2v) is 7.72. The Morgan fingerprint density at radius 3 is 2.75 bits per heavy atom. The maximum atomic E-state index is 12.3. The molecule has 6 atom stereocenters. The monoisotopic (exact) mass is 274 g/mol. The molecule has 0 radical (unpaired) electrons. The molecular formula is C18H26O2. The van der Waals surface area contributed by atoms with E-state index in [0.717, 1.165) is 24.2 Å². The highest BCUT2D eigenvalue weighted by atomic mass is 16.3. The predicted molar refractivity (Wildman–Crippen MR) is 78.1 cm³/mol. The summed E-state index contributed by atoms with van der Waals surface area (Å²) in [7, 11) is 0. The molecule has 4 aliphatic rings. The van der Waals surface area contributed by atoms with Crippen molar-refractivity contribution >= 4 is 5.78 Å². The van der Waals surface area contributed by atoms with Crippen LogP contribution in [0.2, 0.25) is 0 Å². The first kappa shape index (κ1) is 13.1. The first-order valence-corrected chi connectivity index (χ1v) is 8.60. The SMILES string of the molecule is O=C1C=C[C@H]2[C@@H]3CCC4CCCC[C@@H]4[C@H]3CC[C@]12CO. The number of ketones is 1. The number of allylic oxidation sites excluding steroid dienone is 2. The first-order valence-electron chi connectivity index (χ1n) is 8.60. The van der Waals surface area contributed by atoms with Gasteiger partial charge in [-0.1, -0.05) is 25.3 Å². The summed E-state index contributed by atoms with van der Waals surface area (Å²) in [6, 6.07) is 0. The second kappa shape index (κ2) is 4.69. The minimum absolute atomic E-state index is 0.0564. The maximum absolute atomic E-state index is 12.3. The third kappa shape index (κ3) is 1.63. The van der Waals surface area contributed by atoms with Crippen molar-refractivity contribution in [3.63, 3.8) is 0 Å². The van der Waals surface area contributed by atoms with Gasteiger partial charge in [-0.3, -0.25) is 4.79 Å². The topological polar surface area (TPSA) is 37.3 Å². The molecule has 0 aliphatic heterocycles. The molecule has 3 saturated carbocycles. The Balaban J connectivity index is 1.63. The zero-order valence-corrected chi connectivity index (χ0v) is 12.3. The van der Waals surface area contributed by atoms with Crippen LogP contribution in [0.15, 0.2) is 12.2 Å². The minimum atomic E-state index is -0.428. The maximum Gasteiger partial charge on any atom is 0.164 e. The zero-order chi connectivity index (χ0) is 13.7. The third-order valence-electron chi connectivity index (χ3n) is 7.19. The Morgan fingerprint density at radius 2 is 1.90 bits per heavy atom. The van der Waals surface area contributed by atoms with E-state index in [2.05, 4.69) is 6.08 Å². The van der Waals surface area contributed by atoms with Crippen molar-refractivity contribution in [3.05, 3.63) is 12.2 Å². The number of hydrogen-bond donors (Lipinski definition) is 1. The van der Waals surface area contributed by atoms with Gasteiger partial charge in [0.1, 0.15) is 0 Å². The average molecular weight is 274 g/mol. The minimum Gasteiger partial charge on any atom is -0.395 e. The lowest BCUT2D eigenvalue weighted by Crippen LogP contribution is -2.51. The Hall–Kier alpha value is -0.630. The van der Waals surface area contributed by atoms with Crippen LogP contribution in [0.5, 0.6) is 0 Å². The standard InChI is InChI=1S/C18H26O2/c19-11-18-10-9-14-13-4-2-1-3-12(13)5-6-15(14)16(18)7-8-17(18)20/h7-8,12-16,19H,1-6,9-11H2/t12?,13-,14+,15+,16-,18+/m0/s1. The van der Waals surface area contributed by atoms with Crippen molar-refractivity contribution in [3.8, 4) is 0 Å². The van der Waals surface area contributed by atoms with Crippen LogP contribution in [0.25, 0.3) is 0 Å². The van der Waals surface area contributed by atoms with Crippen LogP contribution in [0.3, 0.4) is 0 Å². The molecule has 2 heteroatoms. The molecule has 0 spiro atoms. The van der Waals surface area contributed by atoms with Gasteiger partial charge in [0.2, 0.25) is 0 Å². The van der Waals surface area contributed by atoms with Gasteiger partial charge in [0.15, 0.2) is 5.78 Å². The largest absolute Gasteiger partial charge is 0.395 e. The van der Waals surface area contributed by atoms with Gasteiger partial charge in [-0.05, 0) is 67.8 Å². The summed E-state index contributed by atoms with van der Waals surface area (Å²) in [6.45, 7) is 0.0564. The van der Waals surface area contributed by atoms with Crippen LogP contribution in [-0.2, 0) is 4.79 Å². The number of aliphatic hydroxyl groups excluding tert-OH is 1. The van der Waals surface area contributed by atoms with Gasteiger partial charge in [0.05, 0.1) is 12.0 Å². The number of carbonyl (C=O) groups is 1. The van der Waals surface area contributed by atoms with Crippen LogP contribution < -0.4 is 0 Å². The van der Waals surface area contributed by atoms with E-state index < -0.39 is 5.41 Å². The second-order valence-electron chi connectivity index (χ2n) is 7.72. The van der Waals surface area contributed by atoms with E-state index in [-0.39, 0.29) is 12.4 Å². The van der Waals surface area contributed by atoms with Crippen molar-refractivity contribution in [2.24, 2.45) is 35.0 Å². The van der Waals surface area contributed by atoms with Crippen LogP contribution in [0.4, 0.5) is 0 Å². The van der Waals surface area contributed by atoms with Crippen molar-refractivity contribution < 1.29 is 9.90 Å². The normalized spacial score (nSPS) is 50.5. The van der Waals surface area contributed by atoms with Crippen molar-refractivity contribution in [2.75, 3.05) is 6.61 Å². The van der Waals surface area contributed by atoms with Crippen molar-refractivity contribution in [1.29, 1.82) is 0 Å². The fourth-order valence-electron chi connectivity index (χ4n) is 6.21. The molecule has 2 nitrogen and oxygen atoms in total.